The average Bonchev–Trinajstić information content (AvgIpc) is 2.81. The van der Waals surface area contributed by atoms with Crippen LogP contribution in [0.15, 0.2) is 0 Å². The number of carboxylic acid groups (broad SMARTS) is 1. The summed E-state index contributed by atoms with van der Waals surface area (Å²) in [5.41, 5.74) is 0. The molecule has 2 aliphatic rings. The van der Waals surface area contributed by atoms with Gasteiger partial charge in [-0.15, -0.1) is 0 Å². The van der Waals surface area contributed by atoms with Gasteiger partial charge in [0.1, 0.15) is 6.04 Å². The molecule has 0 aromatic carbocycles. The van der Waals surface area contributed by atoms with Gasteiger partial charge in [0.05, 0.1) is 13.2 Å². The Morgan fingerprint density at radius 3 is 2.62 bits per heavy atom. The van der Waals surface area contributed by atoms with Gasteiger partial charge in [-0.3, -0.25) is 4.90 Å². The molecule has 2 saturated heterocycles. The van der Waals surface area contributed by atoms with Gasteiger partial charge in [-0.2, -0.15) is 0 Å². The van der Waals surface area contributed by atoms with E-state index in [4.69, 9.17) is 4.74 Å². The lowest BCUT2D eigenvalue weighted by Gasteiger charge is -2.31. The van der Waals surface area contributed by atoms with E-state index in [9.17, 15) is 14.7 Å². The van der Waals surface area contributed by atoms with Crippen LogP contribution in [0.25, 0.3) is 0 Å². The van der Waals surface area contributed by atoms with Gasteiger partial charge in [0.15, 0.2) is 0 Å². The molecule has 7 heteroatoms. The highest BCUT2D eigenvalue weighted by Gasteiger charge is 2.39. The van der Waals surface area contributed by atoms with Crippen LogP contribution in [0.3, 0.4) is 0 Å². The number of carboxylic acids is 1. The summed E-state index contributed by atoms with van der Waals surface area (Å²) in [5.74, 6) is -0.918. The van der Waals surface area contributed by atoms with Crippen molar-refractivity contribution < 1.29 is 19.4 Å². The number of nitrogens with zero attached hydrogens (tertiary/aromatic N) is 2. The Morgan fingerprint density at radius 1 is 1.33 bits per heavy atom. The second-order valence-electron chi connectivity index (χ2n) is 6.01. The van der Waals surface area contributed by atoms with Gasteiger partial charge in [0.25, 0.3) is 0 Å². The zero-order valence-corrected chi connectivity index (χ0v) is 12.7. The first-order valence-corrected chi connectivity index (χ1v) is 7.59. The van der Waals surface area contributed by atoms with Crippen LogP contribution in [0.1, 0.15) is 20.3 Å². The summed E-state index contributed by atoms with van der Waals surface area (Å²) < 4.78 is 5.29. The quantitative estimate of drug-likeness (QED) is 0.775. The molecule has 0 aliphatic carbocycles. The van der Waals surface area contributed by atoms with Gasteiger partial charge >= 0.3 is 12.0 Å². The smallest absolute Gasteiger partial charge is 0.326 e. The molecule has 0 saturated carbocycles. The molecule has 21 heavy (non-hydrogen) atoms. The van der Waals surface area contributed by atoms with Gasteiger partial charge in [-0.1, -0.05) is 6.92 Å². The lowest BCUT2D eigenvalue weighted by molar-refractivity contribution is -0.142. The molecule has 3 atom stereocenters. The summed E-state index contributed by atoms with van der Waals surface area (Å²) >= 11 is 0. The largest absolute Gasteiger partial charge is 0.480 e. The number of rotatable bonds is 4. The van der Waals surface area contributed by atoms with E-state index < -0.39 is 12.0 Å². The maximum atomic E-state index is 12.3. The van der Waals surface area contributed by atoms with Gasteiger partial charge in [0, 0.05) is 32.2 Å². The molecule has 2 aliphatic heterocycles. The SMILES string of the molecule is CC(CN1CCOCC1)NC(=O)N1CCC(C)C1C(=O)O. The van der Waals surface area contributed by atoms with Crippen molar-refractivity contribution in [1.82, 2.24) is 15.1 Å². The van der Waals surface area contributed by atoms with Crippen molar-refractivity contribution in [2.75, 3.05) is 39.4 Å². The molecule has 7 nitrogen and oxygen atoms in total. The fourth-order valence-electron chi connectivity index (χ4n) is 3.06. The van der Waals surface area contributed by atoms with E-state index in [0.29, 0.717) is 6.54 Å². The number of likely N-dealkylation sites (tertiary alicyclic amines) is 1. The van der Waals surface area contributed by atoms with Gasteiger partial charge < -0.3 is 20.1 Å². The number of hydrogen-bond acceptors (Lipinski definition) is 4. The van der Waals surface area contributed by atoms with Crippen LogP contribution in [-0.4, -0.2) is 78.4 Å². The van der Waals surface area contributed by atoms with Crippen LogP contribution >= 0.6 is 0 Å². The van der Waals surface area contributed by atoms with Crippen LogP contribution in [0.2, 0.25) is 0 Å². The molecule has 0 aromatic rings. The number of amides is 2. The third-order valence-corrected chi connectivity index (χ3v) is 4.22. The summed E-state index contributed by atoms with van der Waals surface area (Å²) in [7, 11) is 0. The van der Waals surface area contributed by atoms with E-state index in [2.05, 4.69) is 10.2 Å². The second-order valence-corrected chi connectivity index (χ2v) is 6.01. The van der Waals surface area contributed by atoms with E-state index >= 15 is 0 Å². The third-order valence-electron chi connectivity index (χ3n) is 4.22. The predicted molar refractivity (Wildman–Crippen MR) is 77.2 cm³/mol. The fraction of sp³-hybridized carbons (Fsp3) is 0.857. The zero-order chi connectivity index (χ0) is 15.4. The maximum Gasteiger partial charge on any atom is 0.326 e. The number of carbonyl (C=O) groups is 2. The lowest BCUT2D eigenvalue weighted by Crippen LogP contribution is -2.52. The summed E-state index contributed by atoms with van der Waals surface area (Å²) in [6, 6.07) is -0.992. The second kappa shape index (κ2) is 7.09. The number of aliphatic carboxylic acids is 1. The molecule has 2 heterocycles. The normalized spacial score (nSPS) is 28.4. The van der Waals surface area contributed by atoms with E-state index in [-0.39, 0.29) is 18.0 Å². The molecule has 2 amide bonds. The van der Waals surface area contributed by atoms with Gasteiger partial charge in [-0.25, -0.2) is 9.59 Å². The first kappa shape index (κ1) is 16.0. The first-order valence-electron chi connectivity index (χ1n) is 7.59. The highest BCUT2D eigenvalue weighted by Crippen LogP contribution is 2.24. The number of hydrogen-bond donors (Lipinski definition) is 2. The average molecular weight is 299 g/mol. The van der Waals surface area contributed by atoms with E-state index in [1.54, 1.807) is 0 Å². The van der Waals surface area contributed by atoms with Crippen molar-refractivity contribution in [1.29, 1.82) is 0 Å². The van der Waals surface area contributed by atoms with Crippen LogP contribution in [0.5, 0.6) is 0 Å². The number of ether oxygens (including phenoxy) is 1. The standard InChI is InChI=1S/C14H25N3O4/c1-10-3-4-17(12(10)13(18)19)14(20)15-11(2)9-16-5-7-21-8-6-16/h10-12H,3-9H2,1-2H3,(H,15,20)(H,18,19). The molecular weight excluding hydrogens is 274 g/mol. The molecule has 0 radical (unpaired) electrons. The Bertz CT molecular complexity index is 384. The number of carbonyl (C=O) groups excluding carboxylic acids is 1. The molecule has 0 bridgehead atoms. The van der Waals surface area contributed by atoms with E-state index in [1.807, 2.05) is 13.8 Å². The van der Waals surface area contributed by atoms with E-state index in [1.165, 1.54) is 4.90 Å². The highest BCUT2D eigenvalue weighted by molar-refractivity contribution is 5.83. The summed E-state index contributed by atoms with van der Waals surface area (Å²) in [6.07, 6.45) is 0.738. The van der Waals surface area contributed by atoms with E-state index in [0.717, 1.165) is 39.3 Å². The third kappa shape index (κ3) is 4.07. The molecule has 2 rings (SSSR count). The Hall–Kier alpha value is -1.34. The maximum absolute atomic E-state index is 12.3. The van der Waals surface area contributed by atoms with Crippen LogP contribution < -0.4 is 5.32 Å². The summed E-state index contributed by atoms with van der Waals surface area (Å²) in [6.45, 7) is 8.30. The van der Waals surface area contributed by atoms with Crippen LogP contribution in [0.4, 0.5) is 4.79 Å². The fourth-order valence-corrected chi connectivity index (χ4v) is 3.06. The number of nitrogens with one attached hydrogen (secondary N) is 1. The summed E-state index contributed by atoms with van der Waals surface area (Å²) in [4.78, 5) is 27.2. The molecule has 3 unspecified atom stereocenters. The lowest BCUT2D eigenvalue weighted by atomic mass is 10.0. The Kier molecular flexibility index (Phi) is 5.41. The Labute approximate surface area is 125 Å². The van der Waals surface area contributed by atoms with Crippen molar-refractivity contribution >= 4 is 12.0 Å². The van der Waals surface area contributed by atoms with Crippen molar-refractivity contribution in [3.8, 4) is 0 Å². The van der Waals surface area contributed by atoms with Crippen LogP contribution in [0, 0.1) is 5.92 Å². The van der Waals surface area contributed by atoms with Crippen molar-refractivity contribution in [2.45, 2.75) is 32.4 Å². The monoisotopic (exact) mass is 299 g/mol. The van der Waals surface area contributed by atoms with Gasteiger partial charge in [-0.05, 0) is 19.3 Å². The molecule has 0 spiro atoms. The summed E-state index contributed by atoms with van der Waals surface area (Å²) in [5, 5.41) is 12.2. The first-order chi connectivity index (χ1) is 9.99. The number of morpholine rings is 1. The van der Waals surface area contributed by atoms with Crippen molar-refractivity contribution in [3.63, 3.8) is 0 Å². The van der Waals surface area contributed by atoms with Crippen molar-refractivity contribution in [2.24, 2.45) is 5.92 Å². The van der Waals surface area contributed by atoms with Crippen molar-refractivity contribution in [3.05, 3.63) is 0 Å². The predicted octanol–water partition coefficient (Wildman–Crippen LogP) is 0.212. The Balaban J connectivity index is 1.83. The molecular formula is C14H25N3O4. The minimum absolute atomic E-state index is 0.00259. The minimum Gasteiger partial charge on any atom is -0.480 e. The highest BCUT2D eigenvalue weighted by atomic mass is 16.5. The molecule has 120 valence electrons. The molecule has 2 fully saturated rings. The molecule has 2 N–H and O–H groups in total. The van der Waals surface area contributed by atoms with Gasteiger partial charge in [0.2, 0.25) is 0 Å². The Morgan fingerprint density at radius 2 is 2.00 bits per heavy atom. The zero-order valence-electron chi connectivity index (χ0n) is 12.7. The minimum atomic E-state index is -0.920. The van der Waals surface area contributed by atoms with Crippen LogP contribution in [-0.2, 0) is 9.53 Å². The topological polar surface area (TPSA) is 82.1 Å². The number of urea groups is 1. The molecule has 0 aromatic heterocycles.